The minimum atomic E-state index is -0.561. The molecule has 0 aliphatic carbocycles. The zero-order valence-electron chi connectivity index (χ0n) is 17.2. The molecule has 7 heteroatoms. The van der Waals surface area contributed by atoms with Gasteiger partial charge in [0.1, 0.15) is 18.5 Å². The normalized spacial score (nSPS) is 16.4. The number of anilines is 1. The number of aromatic nitrogens is 1. The van der Waals surface area contributed by atoms with Gasteiger partial charge in [-0.25, -0.2) is 0 Å². The lowest BCUT2D eigenvalue weighted by Gasteiger charge is -2.35. The number of hydrogen-bond acceptors (Lipinski definition) is 6. The summed E-state index contributed by atoms with van der Waals surface area (Å²) in [6.07, 6.45) is 2.76. The number of amides is 1. The summed E-state index contributed by atoms with van der Waals surface area (Å²) >= 11 is 0. The molecular formula is C22H30N4O3. The van der Waals surface area contributed by atoms with Crippen molar-refractivity contribution in [1.82, 2.24) is 14.8 Å². The first-order chi connectivity index (χ1) is 14.0. The largest absolute Gasteiger partial charge is 0.489 e. The number of pyridine rings is 1. The Morgan fingerprint density at radius 3 is 2.48 bits per heavy atom. The first-order valence-electron chi connectivity index (χ1n) is 10.0. The quantitative estimate of drug-likeness (QED) is 0.705. The number of para-hydroxylation sites is 1. The summed E-state index contributed by atoms with van der Waals surface area (Å²) in [7, 11) is 0. The van der Waals surface area contributed by atoms with Gasteiger partial charge in [-0.3, -0.25) is 19.6 Å². The molecule has 1 aromatic heterocycles. The minimum Gasteiger partial charge on any atom is -0.489 e. The Morgan fingerprint density at radius 2 is 1.83 bits per heavy atom. The van der Waals surface area contributed by atoms with E-state index >= 15 is 0 Å². The molecule has 1 aliphatic rings. The van der Waals surface area contributed by atoms with Gasteiger partial charge < -0.3 is 15.2 Å². The lowest BCUT2D eigenvalue weighted by atomic mass is 10.1. The second-order valence-corrected chi connectivity index (χ2v) is 7.55. The molecule has 1 fully saturated rings. The summed E-state index contributed by atoms with van der Waals surface area (Å²) in [5, 5.41) is 13.3. The number of β-amino-alcohol motifs (C(OH)–C–C–N with tert-alkyl or cyclic N) is 1. The van der Waals surface area contributed by atoms with Crippen LogP contribution >= 0.6 is 0 Å². The van der Waals surface area contributed by atoms with Gasteiger partial charge in [0.05, 0.1) is 12.7 Å². The van der Waals surface area contributed by atoms with Crippen LogP contribution in [0, 0.1) is 13.8 Å². The molecule has 1 unspecified atom stereocenters. The van der Waals surface area contributed by atoms with Crippen molar-refractivity contribution in [2.45, 2.75) is 20.0 Å². The Balaban J connectivity index is 1.37. The SMILES string of the molecule is Cc1cccc(C)c1NC(=O)CN1CCN(CC(O)COc2cccnc2)CC1. The molecule has 1 aliphatic heterocycles. The molecule has 0 saturated carbocycles. The van der Waals surface area contributed by atoms with Crippen LogP contribution in [0.3, 0.4) is 0 Å². The van der Waals surface area contributed by atoms with Gasteiger partial charge in [-0.05, 0) is 37.1 Å². The van der Waals surface area contributed by atoms with Crippen molar-refractivity contribution in [3.8, 4) is 5.75 Å². The van der Waals surface area contributed by atoms with Gasteiger partial charge in [0.15, 0.2) is 0 Å². The molecule has 2 N–H and O–H groups in total. The summed E-state index contributed by atoms with van der Waals surface area (Å²) in [6, 6.07) is 9.63. The Labute approximate surface area is 172 Å². The van der Waals surface area contributed by atoms with Crippen LogP contribution in [0.1, 0.15) is 11.1 Å². The number of piperazine rings is 1. The number of carbonyl (C=O) groups excluding carboxylic acids is 1. The topological polar surface area (TPSA) is 77.9 Å². The molecule has 0 spiro atoms. The smallest absolute Gasteiger partial charge is 0.238 e. The van der Waals surface area contributed by atoms with E-state index in [9.17, 15) is 9.90 Å². The van der Waals surface area contributed by atoms with E-state index in [0.29, 0.717) is 18.8 Å². The van der Waals surface area contributed by atoms with Crippen LogP contribution < -0.4 is 10.1 Å². The third kappa shape index (κ3) is 6.52. The van der Waals surface area contributed by atoms with Crippen molar-refractivity contribution >= 4 is 11.6 Å². The fourth-order valence-corrected chi connectivity index (χ4v) is 3.50. The van der Waals surface area contributed by atoms with Crippen molar-refractivity contribution in [2.24, 2.45) is 0 Å². The number of aliphatic hydroxyl groups is 1. The first-order valence-corrected chi connectivity index (χ1v) is 10.0. The molecular weight excluding hydrogens is 368 g/mol. The highest BCUT2D eigenvalue weighted by atomic mass is 16.5. The Bertz CT molecular complexity index is 772. The molecule has 2 heterocycles. The monoisotopic (exact) mass is 398 g/mol. The van der Waals surface area contributed by atoms with E-state index in [1.54, 1.807) is 18.5 Å². The highest BCUT2D eigenvalue weighted by Gasteiger charge is 2.21. The average molecular weight is 399 g/mol. The number of rotatable bonds is 8. The fourth-order valence-electron chi connectivity index (χ4n) is 3.50. The molecule has 3 rings (SSSR count). The Hall–Kier alpha value is -2.48. The Kier molecular flexibility index (Phi) is 7.57. The van der Waals surface area contributed by atoms with Gasteiger partial charge in [-0.15, -0.1) is 0 Å². The van der Waals surface area contributed by atoms with E-state index in [1.807, 2.05) is 38.1 Å². The van der Waals surface area contributed by atoms with Crippen LogP contribution in [-0.4, -0.2) is 77.8 Å². The fraction of sp³-hybridized carbons (Fsp3) is 0.455. The van der Waals surface area contributed by atoms with Gasteiger partial charge >= 0.3 is 0 Å². The lowest BCUT2D eigenvalue weighted by Crippen LogP contribution is -2.50. The maximum atomic E-state index is 12.4. The van der Waals surface area contributed by atoms with Gasteiger partial charge in [-0.2, -0.15) is 0 Å². The predicted molar refractivity (Wildman–Crippen MR) is 113 cm³/mol. The molecule has 29 heavy (non-hydrogen) atoms. The van der Waals surface area contributed by atoms with Crippen LogP contribution in [0.25, 0.3) is 0 Å². The number of hydrogen-bond donors (Lipinski definition) is 2. The van der Waals surface area contributed by atoms with Crippen molar-refractivity contribution in [3.05, 3.63) is 53.9 Å². The van der Waals surface area contributed by atoms with Crippen LogP contribution in [0.15, 0.2) is 42.7 Å². The van der Waals surface area contributed by atoms with E-state index in [2.05, 4.69) is 20.1 Å². The van der Waals surface area contributed by atoms with Gasteiger partial charge in [0, 0.05) is 44.6 Å². The Morgan fingerprint density at radius 1 is 1.14 bits per heavy atom. The molecule has 156 valence electrons. The molecule has 7 nitrogen and oxygen atoms in total. The molecule has 2 aromatic rings. The highest BCUT2D eigenvalue weighted by molar-refractivity contribution is 5.93. The summed E-state index contributed by atoms with van der Waals surface area (Å²) in [5.74, 6) is 0.673. The number of nitrogens with zero attached hydrogens (tertiary/aromatic N) is 3. The van der Waals surface area contributed by atoms with E-state index in [4.69, 9.17) is 4.74 Å². The molecule has 0 radical (unpaired) electrons. The van der Waals surface area contributed by atoms with Crippen molar-refractivity contribution in [1.29, 1.82) is 0 Å². The molecule has 1 saturated heterocycles. The summed E-state index contributed by atoms with van der Waals surface area (Å²) in [5.41, 5.74) is 3.06. The number of carbonyl (C=O) groups is 1. The minimum absolute atomic E-state index is 0.0146. The number of aryl methyl sites for hydroxylation is 2. The van der Waals surface area contributed by atoms with Crippen LogP contribution in [0.5, 0.6) is 5.75 Å². The summed E-state index contributed by atoms with van der Waals surface area (Å²) < 4.78 is 5.56. The maximum Gasteiger partial charge on any atom is 0.238 e. The first kappa shape index (κ1) is 21.2. The van der Waals surface area contributed by atoms with Crippen LogP contribution in [0.2, 0.25) is 0 Å². The highest BCUT2D eigenvalue weighted by Crippen LogP contribution is 2.19. The van der Waals surface area contributed by atoms with E-state index in [-0.39, 0.29) is 12.5 Å². The molecule has 1 aromatic carbocycles. The number of aliphatic hydroxyl groups excluding tert-OH is 1. The molecule has 1 amide bonds. The lowest BCUT2D eigenvalue weighted by molar-refractivity contribution is -0.117. The zero-order valence-corrected chi connectivity index (χ0v) is 17.2. The summed E-state index contributed by atoms with van der Waals surface area (Å²) in [4.78, 5) is 20.8. The molecule has 1 atom stereocenters. The standard InChI is InChI=1S/C22H30N4O3/c1-17-5-3-6-18(2)22(17)24-21(28)15-26-11-9-25(10-12-26)14-19(27)16-29-20-7-4-8-23-13-20/h3-8,13,19,27H,9-12,14-16H2,1-2H3,(H,24,28). The third-order valence-electron chi connectivity index (χ3n) is 5.12. The van der Waals surface area contributed by atoms with Crippen molar-refractivity contribution in [3.63, 3.8) is 0 Å². The van der Waals surface area contributed by atoms with Crippen LogP contribution in [-0.2, 0) is 4.79 Å². The zero-order chi connectivity index (χ0) is 20.6. The van der Waals surface area contributed by atoms with E-state index in [1.165, 1.54) is 0 Å². The number of benzene rings is 1. The van der Waals surface area contributed by atoms with Crippen molar-refractivity contribution < 1.29 is 14.6 Å². The summed E-state index contributed by atoms with van der Waals surface area (Å²) in [6.45, 7) is 8.43. The molecule has 0 bridgehead atoms. The predicted octanol–water partition coefficient (Wildman–Crippen LogP) is 1.69. The van der Waals surface area contributed by atoms with Crippen molar-refractivity contribution in [2.75, 3.05) is 51.2 Å². The second kappa shape index (κ2) is 10.3. The third-order valence-corrected chi connectivity index (χ3v) is 5.12. The van der Waals surface area contributed by atoms with Gasteiger partial charge in [0.2, 0.25) is 5.91 Å². The van der Waals surface area contributed by atoms with E-state index in [0.717, 1.165) is 43.0 Å². The van der Waals surface area contributed by atoms with E-state index < -0.39 is 6.10 Å². The number of ether oxygens (including phenoxy) is 1. The maximum absolute atomic E-state index is 12.4. The average Bonchev–Trinajstić information content (AvgIpc) is 2.72. The van der Waals surface area contributed by atoms with Gasteiger partial charge in [0.25, 0.3) is 0 Å². The second-order valence-electron chi connectivity index (χ2n) is 7.55. The number of nitrogens with one attached hydrogen (secondary N) is 1. The van der Waals surface area contributed by atoms with Crippen LogP contribution in [0.4, 0.5) is 5.69 Å². The van der Waals surface area contributed by atoms with Gasteiger partial charge in [-0.1, -0.05) is 18.2 Å².